The van der Waals surface area contributed by atoms with Gasteiger partial charge in [-0.15, -0.1) is 11.8 Å². The standard InChI is InChI=1S/C21H24N2O4S/c1-13(20(24)23-18-10-9-16(26-2)12-19(18)27-3)28-17-6-4-5-15(11-17)22-21(25)14-7-8-14/h4-6,9-14H,7-8H2,1-3H3,(H,22,25)(H,23,24). The Kier molecular flexibility index (Phi) is 6.46. The number of methoxy groups -OCH3 is 2. The normalized spacial score (nSPS) is 14.1. The van der Waals surface area contributed by atoms with Gasteiger partial charge in [0.15, 0.2) is 0 Å². The Morgan fingerprint density at radius 1 is 1.07 bits per heavy atom. The second-order valence-corrected chi connectivity index (χ2v) is 8.02. The minimum absolute atomic E-state index is 0.0690. The van der Waals surface area contributed by atoms with E-state index < -0.39 is 0 Å². The number of hydrogen-bond acceptors (Lipinski definition) is 5. The van der Waals surface area contributed by atoms with E-state index in [1.165, 1.54) is 11.8 Å². The first-order valence-electron chi connectivity index (χ1n) is 9.10. The zero-order chi connectivity index (χ0) is 20.1. The Labute approximate surface area is 169 Å². The van der Waals surface area contributed by atoms with Gasteiger partial charge in [0.05, 0.1) is 25.2 Å². The summed E-state index contributed by atoms with van der Waals surface area (Å²) in [5, 5.41) is 5.49. The Bertz CT molecular complexity index is 867. The van der Waals surface area contributed by atoms with E-state index >= 15 is 0 Å². The van der Waals surface area contributed by atoms with Crippen LogP contribution in [0.3, 0.4) is 0 Å². The van der Waals surface area contributed by atoms with Gasteiger partial charge in [0.25, 0.3) is 0 Å². The number of carbonyl (C=O) groups excluding carboxylic acids is 2. The van der Waals surface area contributed by atoms with Crippen LogP contribution in [0.25, 0.3) is 0 Å². The molecule has 1 saturated carbocycles. The van der Waals surface area contributed by atoms with Crippen molar-refractivity contribution >= 4 is 35.0 Å². The third-order valence-corrected chi connectivity index (χ3v) is 5.49. The Hall–Kier alpha value is -2.67. The first-order chi connectivity index (χ1) is 13.5. The molecule has 148 valence electrons. The third kappa shape index (κ3) is 5.19. The van der Waals surface area contributed by atoms with Crippen LogP contribution in [0.15, 0.2) is 47.4 Å². The summed E-state index contributed by atoms with van der Waals surface area (Å²) in [6.45, 7) is 1.84. The van der Waals surface area contributed by atoms with Gasteiger partial charge in [0.1, 0.15) is 11.5 Å². The summed E-state index contributed by atoms with van der Waals surface area (Å²) >= 11 is 1.43. The van der Waals surface area contributed by atoms with Crippen LogP contribution in [0.5, 0.6) is 11.5 Å². The maximum absolute atomic E-state index is 12.6. The fourth-order valence-corrected chi connectivity index (χ4v) is 3.56. The van der Waals surface area contributed by atoms with Gasteiger partial charge < -0.3 is 20.1 Å². The lowest BCUT2D eigenvalue weighted by Crippen LogP contribution is -2.22. The molecule has 6 nitrogen and oxygen atoms in total. The van der Waals surface area contributed by atoms with Gasteiger partial charge >= 0.3 is 0 Å². The molecule has 1 unspecified atom stereocenters. The quantitative estimate of drug-likeness (QED) is 0.651. The van der Waals surface area contributed by atoms with Crippen LogP contribution in [-0.4, -0.2) is 31.3 Å². The molecule has 1 fully saturated rings. The van der Waals surface area contributed by atoms with Gasteiger partial charge in [0, 0.05) is 22.6 Å². The molecule has 3 rings (SSSR count). The first kappa shape index (κ1) is 20.1. The molecule has 2 aromatic rings. The average molecular weight is 401 g/mol. The molecule has 0 spiro atoms. The molecule has 0 aromatic heterocycles. The molecule has 28 heavy (non-hydrogen) atoms. The number of ether oxygens (including phenoxy) is 2. The first-order valence-corrected chi connectivity index (χ1v) is 9.98. The predicted octanol–water partition coefficient (Wildman–Crippen LogP) is 4.17. The molecule has 0 aliphatic heterocycles. The zero-order valence-corrected chi connectivity index (χ0v) is 17.0. The van der Waals surface area contributed by atoms with Gasteiger partial charge in [-0.25, -0.2) is 0 Å². The lowest BCUT2D eigenvalue weighted by atomic mass is 10.2. The number of rotatable bonds is 8. The van der Waals surface area contributed by atoms with E-state index in [2.05, 4.69) is 10.6 Å². The molecule has 2 N–H and O–H groups in total. The van der Waals surface area contributed by atoms with Gasteiger partial charge in [0.2, 0.25) is 11.8 Å². The SMILES string of the molecule is COc1ccc(NC(=O)C(C)Sc2cccc(NC(=O)C3CC3)c2)c(OC)c1. The van der Waals surface area contributed by atoms with Crippen molar-refractivity contribution in [3.63, 3.8) is 0 Å². The van der Waals surface area contributed by atoms with Crippen LogP contribution in [0.1, 0.15) is 19.8 Å². The Morgan fingerprint density at radius 2 is 1.86 bits per heavy atom. The third-order valence-electron chi connectivity index (χ3n) is 4.40. The van der Waals surface area contributed by atoms with Crippen molar-refractivity contribution in [2.24, 2.45) is 5.92 Å². The molecule has 0 heterocycles. The summed E-state index contributed by atoms with van der Waals surface area (Å²) in [4.78, 5) is 25.4. The lowest BCUT2D eigenvalue weighted by molar-refractivity contribution is -0.117. The van der Waals surface area contributed by atoms with Crippen LogP contribution < -0.4 is 20.1 Å². The minimum atomic E-state index is -0.332. The molecule has 0 saturated heterocycles. The Morgan fingerprint density at radius 3 is 2.54 bits per heavy atom. The van der Waals surface area contributed by atoms with Crippen molar-refractivity contribution in [2.45, 2.75) is 29.9 Å². The molecule has 1 aliphatic rings. The van der Waals surface area contributed by atoms with Crippen molar-refractivity contribution in [3.05, 3.63) is 42.5 Å². The largest absolute Gasteiger partial charge is 0.497 e. The van der Waals surface area contributed by atoms with Crippen molar-refractivity contribution < 1.29 is 19.1 Å². The molecule has 0 bridgehead atoms. The molecule has 1 atom stereocenters. The summed E-state index contributed by atoms with van der Waals surface area (Å²) in [5.41, 5.74) is 1.34. The summed E-state index contributed by atoms with van der Waals surface area (Å²) < 4.78 is 10.5. The van der Waals surface area contributed by atoms with Crippen LogP contribution in [0, 0.1) is 5.92 Å². The van der Waals surface area contributed by atoms with Crippen LogP contribution >= 0.6 is 11.8 Å². The van der Waals surface area contributed by atoms with E-state index in [0.29, 0.717) is 17.2 Å². The summed E-state index contributed by atoms with van der Waals surface area (Å²) in [5.74, 6) is 1.28. The van der Waals surface area contributed by atoms with E-state index in [9.17, 15) is 9.59 Å². The van der Waals surface area contributed by atoms with E-state index in [1.54, 1.807) is 32.4 Å². The fourth-order valence-electron chi connectivity index (χ4n) is 2.63. The predicted molar refractivity (Wildman–Crippen MR) is 111 cm³/mol. The van der Waals surface area contributed by atoms with Crippen LogP contribution in [0.2, 0.25) is 0 Å². The molecule has 2 aromatic carbocycles. The topological polar surface area (TPSA) is 76.7 Å². The van der Waals surface area contributed by atoms with Crippen molar-refractivity contribution in [1.82, 2.24) is 0 Å². The van der Waals surface area contributed by atoms with Crippen LogP contribution in [-0.2, 0) is 9.59 Å². The number of nitrogens with one attached hydrogen (secondary N) is 2. The van der Waals surface area contributed by atoms with E-state index in [-0.39, 0.29) is 23.0 Å². The maximum Gasteiger partial charge on any atom is 0.237 e. The highest BCUT2D eigenvalue weighted by atomic mass is 32.2. The van der Waals surface area contributed by atoms with Gasteiger partial charge in [-0.2, -0.15) is 0 Å². The molecule has 7 heteroatoms. The smallest absolute Gasteiger partial charge is 0.237 e. The number of benzene rings is 2. The van der Waals surface area contributed by atoms with Crippen molar-refractivity contribution in [2.75, 3.05) is 24.9 Å². The molecule has 1 aliphatic carbocycles. The number of amides is 2. The second-order valence-electron chi connectivity index (χ2n) is 6.61. The number of hydrogen-bond donors (Lipinski definition) is 2. The van der Waals surface area contributed by atoms with E-state index in [4.69, 9.17) is 9.47 Å². The number of thioether (sulfide) groups is 1. The summed E-state index contributed by atoms with van der Waals surface area (Å²) in [7, 11) is 3.12. The fraction of sp³-hybridized carbons (Fsp3) is 0.333. The molecule has 2 amide bonds. The van der Waals surface area contributed by atoms with E-state index in [1.807, 2.05) is 31.2 Å². The van der Waals surface area contributed by atoms with Crippen molar-refractivity contribution in [3.8, 4) is 11.5 Å². The lowest BCUT2D eigenvalue weighted by Gasteiger charge is -2.15. The molecule has 0 radical (unpaired) electrons. The second kappa shape index (κ2) is 9.01. The highest BCUT2D eigenvalue weighted by Crippen LogP contribution is 2.32. The molecular formula is C21H24N2O4S. The van der Waals surface area contributed by atoms with Gasteiger partial charge in [-0.05, 0) is 50.1 Å². The average Bonchev–Trinajstić information content (AvgIpc) is 3.54. The maximum atomic E-state index is 12.6. The number of anilines is 2. The van der Waals surface area contributed by atoms with E-state index in [0.717, 1.165) is 23.4 Å². The zero-order valence-electron chi connectivity index (χ0n) is 16.2. The monoisotopic (exact) mass is 400 g/mol. The van der Waals surface area contributed by atoms with Crippen molar-refractivity contribution in [1.29, 1.82) is 0 Å². The van der Waals surface area contributed by atoms with Crippen LogP contribution in [0.4, 0.5) is 11.4 Å². The highest BCUT2D eigenvalue weighted by molar-refractivity contribution is 8.00. The summed E-state index contributed by atoms with van der Waals surface area (Å²) in [6, 6.07) is 12.8. The Balaban J connectivity index is 1.62. The van der Waals surface area contributed by atoms with Gasteiger partial charge in [-0.3, -0.25) is 9.59 Å². The molecular weight excluding hydrogens is 376 g/mol. The minimum Gasteiger partial charge on any atom is -0.497 e. The number of carbonyl (C=O) groups is 2. The summed E-state index contributed by atoms with van der Waals surface area (Å²) in [6.07, 6.45) is 1.93. The highest BCUT2D eigenvalue weighted by Gasteiger charge is 2.29. The van der Waals surface area contributed by atoms with Gasteiger partial charge in [-0.1, -0.05) is 6.07 Å².